The van der Waals surface area contributed by atoms with Crippen LogP contribution in [0.1, 0.15) is 19.8 Å². The highest BCUT2D eigenvalue weighted by Crippen LogP contribution is 2.43. The Kier molecular flexibility index (Phi) is 3.97. The van der Waals surface area contributed by atoms with Crippen molar-refractivity contribution in [1.29, 1.82) is 0 Å². The highest BCUT2D eigenvalue weighted by atomic mass is 16.3. The highest BCUT2D eigenvalue weighted by Gasteiger charge is 2.58. The van der Waals surface area contributed by atoms with Gasteiger partial charge in [-0.2, -0.15) is 0 Å². The molecule has 21 heavy (non-hydrogen) atoms. The molecular weight excluding hydrogens is 274 g/mol. The zero-order chi connectivity index (χ0) is 15.9. The van der Waals surface area contributed by atoms with E-state index in [1.165, 1.54) is 16.7 Å². The SMILES string of the molecule is C[C@@H](O)[C@@H](C(=O)N(C)C)N1CC2(CCN(C)C(=O)C2)C1=O. The summed E-state index contributed by atoms with van der Waals surface area (Å²) in [6, 6.07) is -0.868. The van der Waals surface area contributed by atoms with Crippen molar-refractivity contribution in [1.82, 2.24) is 14.7 Å². The van der Waals surface area contributed by atoms with Crippen molar-refractivity contribution in [2.45, 2.75) is 31.9 Å². The van der Waals surface area contributed by atoms with Gasteiger partial charge in [0.2, 0.25) is 17.7 Å². The molecule has 0 aromatic heterocycles. The monoisotopic (exact) mass is 297 g/mol. The number of hydrogen-bond acceptors (Lipinski definition) is 4. The number of carbonyl (C=O) groups is 3. The molecule has 0 aromatic rings. The number of hydrogen-bond donors (Lipinski definition) is 1. The van der Waals surface area contributed by atoms with Crippen molar-refractivity contribution < 1.29 is 19.5 Å². The van der Waals surface area contributed by atoms with Crippen LogP contribution in [0.4, 0.5) is 0 Å². The van der Waals surface area contributed by atoms with Gasteiger partial charge in [-0.15, -0.1) is 0 Å². The van der Waals surface area contributed by atoms with Crippen molar-refractivity contribution in [2.24, 2.45) is 5.41 Å². The van der Waals surface area contributed by atoms with Crippen LogP contribution in [0.25, 0.3) is 0 Å². The van der Waals surface area contributed by atoms with Crippen molar-refractivity contribution in [3.63, 3.8) is 0 Å². The van der Waals surface area contributed by atoms with Crippen LogP contribution in [0.15, 0.2) is 0 Å². The summed E-state index contributed by atoms with van der Waals surface area (Å²) in [5, 5.41) is 9.85. The lowest BCUT2D eigenvalue weighted by molar-refractivity contribution is -0.181. The fourth-order valence-electron chi connectivity index (χ4n) is 3.10. The first-order valence-electron chi connectivity index (χ1n) is 7.14. The quantitative estimate of drug-likeness (QED) is 0.671. The molecule has 0 aromatic carbocycles. The third-order valence-corrected chi connectivity index (χ3v) is 4.52. The Balaban J connectivity index is 2.13. The summed E-state index contributed by atoms with van der Waals surface area (Å²) in [6.45, 7) is 2.42. The van der Waals surface area contributed by atoms with Gasteiger partial charge in [-0.25, -0.2) is 0 Å². The van der Waals surface area contributed by atoms with Crippen molar-refractivity contribution in [2.75, 3.05) is 34.2 Å². The summed E-state index contributed by atoms with van der Waals surface area (Å²) in [5.74, 6) is -0.528. The highest BCUT2D eigenvalue weighted by molar-refractivity contribution is 5.98. The number of amides is 3. The van der Waals surface area contributed by atoms with Gasteiger partial charge in [0.25, 0.3) is 0 Å². The van der Waals surface area contributed by atoms with Gasteiger partial charge in [0, 0.05) is 40.7 Å². The van der Waals surface area contributed by atoms with Crippen LogP contribution in [0.2, 0.25) is 0 Å². The normalized spacial score (nSPS) is 28.4. The summed E-state index contributed by atoms with van der Waals surface area (Å²) in [5.41, 5.74) is -0.663. The van der Waals surface area contributed by atoms with E-state index in [-0.39, 0.29) is 24.1 Å². The predicted octanol–water partition coefficient (Wildman–Crippen LogP) is -1.10. The molecule has 1 N–H and O–H groups in total. The first kappa shape index (κ1) is 15.8. The molecule has 3 atom stereocenters. The standard InChI is InChI=1S/C14H23N3O4/c1-9(18)11(12(20)15(2)3)17-8-14(13(17)21)5-6-16(4)10(19)7-14/h9,11,18H,5-8H2,1-4H3/t9-,11+,14?/m1/s1. The number of piperidine rings is 1. The van der Waals surface area contributed by atoms with Gasteiger partial charge in [0.1, 0.15) is 6.04 Å². The first-order chi connectivity index (χ1) is 9.69. The molecule has 118 valence electrons. The van der Waals surface area contributed by atoms with Gasteiger partial charge in [-0.05, 0) is 13.3 Å². The molecule has 1 unspecified atom stereocenters. The van der Waals surface area contributed by atoms with E-state index < -0.39 is 17.6 Å². The third-order valence-electron chi connectivity index (χ3n) is 4.52. The van der Waals surface area contributed by atoms with E-state index in [2.05, 4.69) is 0 Å². The average molecular weight is 297 g/mol. The van der Waals surface area contributed by atoms with E-state index in [1.807, 2.05) is 0 Å². The summed E-state index contributed by atoms with van der Waals surface area (Å²) in [7, 11) is 4.91. The van der Waals surface area contributed by atoms with Crippen LogP contribution in [-0.2, 0) is 14.4 Å². The number of rotatable bonds is 3. The molecule has 2 rings (SSSR count). The fourth-order valence-corrected chi connectivity index (χ4v) is 3.10. The van der Waals surface area contributed by atoms with Gasteiger partial charge in [0.05, 0.1) is 11.5 Å². The molecule has 2 aliphatic heterocycles. The molecule has 2 saturated heterocycles. The second-order valence-electron chi connectivity index (χ2n) is 6.37. The Hall–Kier alpha value is -1.63. The van der Waals surface area contributed by atoms with E-state index in [0.717, 1.165) is 0 Å². The number of nitrogens with zero attached hydrogens (tertiary/aromatic N) is 3. The second-order valence-corrected chi connectivity index (χ2v) is 6.37. The molecule has 2 aliphatic rings. The minimum Gasteiger partial charge on any atom is -0.391 e. The van der Waals surface area contributed by atoms with Crippen LogP contribution in [-0.4, -0.2) is 83.9 Å². The molecule has 2 heterocycles. The fraction of sp³-hybridized carbons (Fsp3) is 0.786. The molecule has 0 radical (unpaired) electrons. The summed E-state index contributed by atoms with van der Waals surface area (Å²) in [4.78, 5) is 40.9. The molecule has 1 spiro atoms. The maximum atomic E-state index is 12.5. The smallest absolute Gasteiger partial charge is 0.247 e. The zero-order valence-corrected chi connectivity index (χ0v) is 13.0. The Morgan fingerprint density at radius 2 is 2.00 bits per heavy atom. The Morgan fingerprint density at radius 3 is 2.43 bits per heavy atom. The predicted molar refractivity (Wildman–Crippen MR) is 75.2 cm³/mol. The number of β-lactam (4-membered cyclic amide) rings is 1. The Morgan fingerprint density at radius 1 is 1.38 bits per heavy atom. The van der Waals surface area contributed by atoms with E-state index in [0.29, 0.717) is 19.5 Å². The Bertz CT molecular complexity index is 477. The summed E-state index contributed by atoms with van der Waals surface area (Å²) < 4.78 is 0. The number of likely N-dealkylation sites (N-methyl/N-ethyl adjacent to an activating group) is 1. The zero-order valence-electron chi connectivity index (χ0n) is 13.0. The molecule has 3 amide bonds. The maximum Gasteiger partial charge on any atom is 0.247 e. The average Bonchev–Trinajstić information content (AvgIpc) is 2.41. The minimum absolute atomic E-state index is 0.0400. The number of aliphatic hydroxyl groups is 1. The van der Waals surface area contributed by atoms with Crippen LogP contribution in [0.5, 0.6) is 0 Å². The van der Waals surface area contributed by atoms with Crippen molar-refractivity contribution in [3.05, 3.63) is 0 Å². The lowest BCUT2D eigenvalue weighted by atomic mass is 9.70. The van der Waals surface area contributed by atoms with Crippen LogP contribution < -0.4 is 0 Å². The van der Waals surface area contributed by atoms with Gasteiger partial charge in [0.15, 0.2) is 0 Å². The van der Waals surface area contributed by atoms with Gasteiger partial charge >= 0.3 is 0 Å². The van der Waals surface area contributed by atoms with Gasteiger partial charge in [-0.3, -0.25) is 14.4 Å². The molecule has 7 nitrogen and oxygen atoms in total. The van der Waals surface area contributed by atoms with Crippen molar-refractivity contribution >= 4 is 17.7 Å². The lowest BCUT2D eigenvalue weighted by Gasteiger charge is -2.54. The maximum absolute atomic E-state index is 12.5. The second kappa shape index (κ2) is 5.29. The molecule has 0 bridgehead atoms. The van der Waals surface area contributed by atoms with E-state index in [9.17, 15) is 19.5 Å². The largest absolute Gasteiger partial charge is 0.391 e. The van der Waals surface area contributed by atoms with E-state index in [4.69, 9.17) is 0 Å². The Labute approximate surface area is 124 Å². The van der Waals surface area contributed by atoms with Crippen LogP contribution >= 0.6 is 0 Å². The lowest BCUT2D eigenvalue weighted by Crippen LogP contribution is -2.71. The molecule has 0 aliphatic carbocycles. The first-order valence-corrected chi connectivity index (χ1v) is 7.14. The van der Waals surface area contributed by atoms with Gasteiger partial charge in [-0.1, -0.05) is 0 Å². The van der Waals surface area contributed by atoms with E-state index in [1.54, 1.807) is 26.0 Å². The molecule has 2 fully saturated rings. The third kappa shape index (κ3) is 2.50. The van der Waals surface area contributed by atoms with Crippen molar-refractivity contribution in [3.8, 4) is 0 Å². The summed E-state index contributed by atoms with van der Waals surface area (Å²) >= 11 is 0. The molecule has 7 heteroatoms. The van der Waals surface area contributed by atoms with Crippen LogP contribution in [0.3, 0.4) is 0 Å². The number of carbonyl (C=O) groups excluding carboxylic acids is 3. The number of aliphatic hydroxyl groups excluding tert-OH is 1. The number of likely N-dealkylation sites (tertiary alicyclic amines) is 2. The van der Waals surface area contributed by atoms with Gasteiger partial charge < -0.3 is 19.8 Å². The minimum atomic E-state index is -0.942. The topological polar surface area (TPSA) is 81.2 Å². The molecular formula is C14H23N3O4. The summed E-state index contributed by atoms with van der Waals surface area (Å²) in [6.07, 6.45) is -0.127. The molecule has 0 saturated carbocycles. The van der Waals surface area contributed by atoms with E-state index >= 15 is 0 Å². The van der Waals surface area contributed by atoms with Crippen LogP contribution in [0, 0.1) is 5.41 Å².